The molecule has 0 heterocycles. The lowest BCUT2D eigenvalue weighted by Crippen LogP contribution is -2.25. The van der Waals surface area contributed by atoms with E-state index in [0.29, 0.717) is 29.2 Å². The summed E-state index contributed by atoms with van der Waals surface area (Å²) in [5.41, 5.74) is 1.72. The molecule has 3 N–H and O–H groups in total. The molecule has 0 bridgehead atoms. The molecule has 0 unspecified atom stereocenters. The molecule has 8 heteroatoms. The van der Waals surface area contributed by atoms with Crippen molar-refractivity contribution < 1.29 is 29.0 Å². The van der Waals surface area contributed by atoms with E-state index in [2.05, 4.69) is 10.6 Å². The van der Waals surface area contributed by atoms with Crippen LogP contribution in [0.2, 0.25) is 0 Å². The van der Waals surface area contributed by atoms with Crippen molar-refractivity contribution in [3.63, 3.8) is 0 Å². The van der Waals surface area contributed by atoms with Gasteiger partial charge in [-0.2, -0.15) is 0 Å². The van der Waals surface area contributed by atoms with Gasteiger partial charge in [0.15, 0.2) is 18.1 Å². The van der Waals surface area contributed by atoms with Gasteiger partial charge in [-0.15, -0.1) is 0 Å². The van der Waals surface area contributed by atoms with Crippen LogP contribution in [-0.2, 0) is 16.0 Å². The molecule has 0 spiro atoms. The zero-order valence-electron chi connectivity index (χ0n) is 15.7. The van der Waals surface area contributed by atoms with E-state index in [4.69, 9.17) is 14.6 Å². The highest BCUT2D eigenvalue weighted by Gasteiger charge is 2.13. The fourth-order valence-corrected chi connectivity index (χ4v) is 2.40. The second-order valence-corrected chi connectivity index (χ2v) is 5.88. The Kier molecular flexibility index (Phi) is 7.38. The molecule has 28 heavy (non-hydrogen) atoms. The third kappa shape index (κ3) is 6.01. The van der Waals surface area contributed by atoms with Gasteiger partial charge in [0, 0.05) is 24.7 Å². The Balaban J connectivity index is 2.08. The largest absolute Gasteiger partial charge is 0.493 e. The second-order valence-electron chi connectivity index (χ2n) is 5.88. The number of aryl methyl sites for hydroxylation is 1. The third-order valence-corrected chi connectivity index (χ3v) is 3.88. The number of likely N-dealkylation sites (N-methyl/N-ethyl adjacent to an activating group) is 1. The Labute approximate surface area is 162 Å². The molecule has 0 radical (unpaired) electrons. The number of ether oxygens (including phenoxy) is 2. The first-order valence-electron chi connectivity index (χ1n) is 8.56. The van der Waals surface area contributed by atoms with E-state index < -0.39 is 5.97 Å². The van der Waals surface area contributed by atoms with Crippen LogP contribution in [0.25, 0.3) is 0 Å². The van der Waals surface area contributed by atoms with Gasteiger partial charge in [-0.1, -0.05) is 12.1 Å². The number of amides is 2. The number of rotatable bonds is 9. The van der Waals surface area contributed by atoms with E-state index in [0.717, 1.165) is 5.56 Å². The molecule has 2 aromatic rings. The van der Waals surface area contributed by atoms with E-state index in [1.54, 1.807) is 36.4 Å². The minimum absolute atomic E-state index is 0.0200. The Hall–Kier alpha value is -3.55. The molecule has 0 aromatic heterocycles. The fourth-order valence-electron chi connectivity index (χ4n) is 2.40. The van der Waals surface area contributed by atoms with Crippen LogP contribution in [0.4, 0.5) is 5.69 Å². The van der Waals surface area contributed by atoms with Crippen LogP contribution in [0.15, 0.2) is 42.5 Å². The van der Waals surface area contributed by atoms with Crippen molar-refractivity contribution in [2.45, 2.75) is 12.8 Å². The van der Waals surface area contributed by atoms with Crippen molar-refractivity contribution in [1.29, 1.82) is 0 Å². The number of hydrogen-bond donors (Lipinski definition) is 3. The van der Waals surface area contributed by atoms with Crippen LogP contribution in [0.1, 0.15) is 22.3 Å². The first kappa shape index (κ1) is 20.8. The van der Waals surface area contributed by atoms with Crippen molar-refractivity contribution in [3.05, 3.63) is 53.6 Å². The number of benzene rings is 2. The van der Waals surface area contributed by atoms with Gasteiger partial charge in [0.1, 0.15) is 0 Å². The zero-order valence-corrected chi connectivity index (χ0v) is 15.7. The van der Waals surface area contributed by atoms with Gasteiger partial charge < -0.3 is 25.2 Å². The fraction of sp³-hybridized carbons (Fsp3) is 0.250. The van der Waals surface area contributed by atoms with Gasteiger partial charge in [-0.25, -0.2) is 0 Å². The number of hydrogen-bond acceptors (Lipinski definition) is 5. The van der Waals surface area contributed by atoms with Gasteiger partial charge >= 0.3 is 5.97 Å². The average molecular weight is 386 g/mol. The highest BCUT2D eigenvalue weighted by molar-refractivity contribution is 6.04. The zero-order chi connectivity index (χ0) is 20.5. The van der Waals surface area contributed by atoms with E-state index >= 15 is 0 Å². The molecule has 2 rings (SSSR count). The molecule has 2 aromatic carbocycles. The summed E-state index contributed by atoms with van der Waals surface area (Å²) < 4.78 is 10.6. The van der Waals surface area contributed by atoms with Crippen LogP contribution in [-0.4, -0.2) is 43.7 Å². The molecule has 0 atom stereocenters. The van der Waals surface area contributed by atoms with E-state index in [-0.39, 0.29) is 24.8 Å². The van der Waals surface area contributed by atoms with Crippen molar-refractivity contribution in [2.24, 2.45) is 0 Å². The van der Waals surface area contributed by atoms with Gasteiger partial charge in [-0.3, -0.25) is 14.4 Å². The van der Waals surface area contributed by atoms with Gasteiger partial charge in [-0.05, 0) is 42.3 Å². The molecule has 0 fully saturated rings. The minimum Gasteiger partial charge on any atom is -0.493 e. The first-order chi connectivity index (χ1) is 13.4. The highest BCUT2D eigenvalue weighted by Crippen LogP contribution is 2.28. The maximum Gasteiger partial charge on any atom is 0.303 e. The number of anilines is 1. The summed E-state index contributed by atoms with van der Waals surface area (Å²) in [6.07, 6.45) is 0.399. The molecule has 0 aliphatic rings. The van der Waals surface area contributed by atoms with Crippen LogP contribution < -0.4 is 20.1 Å². The minimum atomic E-state index is -0.875. The topological polar surface area (TPSA) is 114 Å². The second kappa shape index (κ2) is 9.96. The highest BCUT2D eigenvalue weighted by atomic mass is 16.5. The Bertz CT molecular complexity index is 866. The first-order valence-corrected chi connectivity index (χ1v) is 8.56. The van der Waals surface area contributed by atoms with Crippen molar-refractivity contribution >= 4 is 23.5 Å². The number of aliphatic carboxylic acids is 1. The van der Waals surface area contributed by atoms with Crippen LogP contribution in [0, 0.1) is 0 Å². The Morgan fingerprint density at radius 1 is 1.07 bits per heavy atom. The number of carbonyl (C=O) groups excluding carboxylic acids is 2. The van der Waals surface area contributed by atoms with Crippen LogP contribution in [0.3, 0.4) is 0 Å². The molecule has 0 saturated carbocycles. The summed E-state index contributed by atoms with van der Waals surface area (Å²) in [6.45, 7) is -0.165. The standard InChI is InChI=1S/C20H22N2O6/c1-21-18(23)12-28-16-8-7-14(11-17(16)27-2)20(26)22-15-5-3-4-13(10-15)6-9-19(24)25/h3-5,7-8,10-11H,6,9,12H2,1-2H3,(H,21,23)(H,22,26)(H,24,25). The number of nitrogens with one attached hydrogen (secondary N) is 2. The normalized spacial score (nSPS) is 10.1. The molecular weight excluding hydrogens is 364 g/mol. The number of carbonyl (C=O) groups is 3. The monoisotopic (exact) mass is 386 g/mol. The molecule has 8 nitrogen and oxygen atoms in total. The number of methoxy groups -OCH3 is 1. The van der Waals surface area contributed by atoms with Crippen molar-refractivity contribution in [1.82, 2.24) is 5.32 Å². The van der Waals surface area contributed by atoms with Gasteiger partial charge in [0.25, 0.3) is 11.8 Å². The summed E-state index contributed by atoms with van der Waals surface area (Å²) in [5, 5.41) is 14.0. The van der Waals surface area contributed by atoms with Crippen molar-refractivity contribution in [3.8, 4) is 11.5 Å². The summed E-state index contributed by atoms with van der Waals surface area (Å²) >= 11 is 0. The van der Waals surface area contributed by atoms with Crippen molar-refractivity contribution in [2.75, 3.05) is 26.1 Å². The molecule has 148 valence electrons. The molecule has 2 amide bonds. The van der Waals surface area contributed by atoms with E-state index in [1.807, 2.05) is 0 Å². The van der Waals surface area contributed by atoms with E-state index in [9.17, 15) is 14.4 Å². The molecule has 0 saturated heterocycles. The predicted molar refractivity (Wildman–Crippen MR) is 103 cm³/mol. The van der Waals surface area contributed by atoms with Gasteiger partial charge in [0.05, 0.1) is 7.11 Å². The van der Waals surface area contributed by atoms with Gasteiger partial charge in [0.2, 0.25) is 0 Å². The summed E-state index contributed by atoms with van der Waals surface area (Å²) in [6, 6.07) is 11.6. The predicted octanol–water partition coefficient (Wildman–Crippen LogP) is 2.09. The third-order valence-electron chi connectivity index (χ3n) is 3.88. The smallest absolute Gasteiger partial charge is 0.303 e. The summed E-state index contributed by atoms with van der Waals surface area (Å²) in [7, 11) is 2.95. The Morgan fingerprint density at radius 3 is 2.54 bits per heavy atom. The molecule has 0 aliphatic heterocycles. The quantitative estimate of drug-likeness (QED) is 0.608. The Morgan fingerprint density at radius 2 is 1.86 bits per heavy atom. The summed E-state index contributed by atoms with van der Waals surface area (Å²) in [4.78, 5) is 34.5. The molecule has 0 aliphatic carbocycles. The number of carboxylic acid groups (broad SMARTS) is 1. The van der Waals surface area contributed by atoms with E-state index in [1.165, 1.54) is 20.2 Å². The maximum atomic E-state index is 12.5. The number of carboxylic acids is 1. The lowest BCUT2D eigenvalue weighted by Gasteiger charge is -2.12. The lowest BCUT2D eigenvalue weighted by atomic mass is 10.1. The SMILES string of the molecule is CNC(=O)COc1ccc(C(=O)Nc2cccc(CCC(=O)O)c2)cc1OC. The van der Waals surface area contributed by atoms with Crippen LogP contribution in [0.5, 0.6) is 11.5 Å². The lowest BCUT2D eigenvalue weighted by molar-refractivity contribution is -0.137. The average Bonchev–Trinajstić information content (AvgIpc) is 2.70. The van der Waals surface area contributed by atoms with Crippen LogP contribution >= 0.6 is 0 Å². The summed E-state index contributed by atoms with van der Waals surface area (Å²) in [5.74, 6) is -0.844. The maximum absolute atomic E-state index is 12.5. The molecular formula is C20H22N2O6.